The molecular formula is C18H24ClN3O. The Morgan fingerprint density at radius 2 is 1.87 bits per heavy atom. The van der Waals surface area contributed by atoms with Gasteiger partial charge in [0.15, 0.2) is 0 Å². The molecule has 4 nitrogen and oxygen atoms in total. The van der Waals surface area contributed by atoms with Crippen molar-refractivity contribution in [3.8, 4) is 0 Å². The predicted molar refractivity (Wildman–Crippen MR) is 97.8 cm³/mol. The Kier molecular flexibility index (Phi) is 8.33. The molecule has 0 aromatic heterocycles. The average Bonchev–Trinajstić information content (AvgIpc) is 2.48. The third kappa shape index (κ3) is 6.82. The third-order valence-corrected chi connectivity index (χ3v) is 3.36. The van der Waals surface area contributed by atoms with Crippen LogP contribution in [0.15, 0.2) is 54.6 Å². The summed E-state index contributed by atoms with van der Waals surface area (Å²) in [5.74, 6) is -0.0185. The van der Waals surface area contributed by atoms with E-state index in [9.17, 15) is 4.79 Å². The minimum atomic E-state index is -0.0185. The van der Waals surface area contributed by atoms with Crippen LogP contribution in [0.25, 0.3) is 0 Å². The number of hydrogen-bond donors (Lipinski definition) is 2. The summed E-state index contributed by atoms with van der Waals surface area (Å²) in [6, 6.07) is 17.9. The number of carbonyl (C=O) groups is 1. The van der Waals surface area contributed by atoms with E-state index in [0.29, 0.717) is 19.6 Å². The molecule has 5 heteroatoms. The highest BCUT2D eigenvalue weighted by Crippen LogP contribution is 2.10. The zero-order valence-electron chi connectivity index (χ0n) is 13.4. The molecule has 2 aromatic rings. The lowest BCUT2D eigenvalue weighted by Crippen LogP contribution is -2.36. The molecule has 0 aliphatic rings. The maximum atomic E-state index is 12.2. The third-order valence-electron chi connectivity index (χ3n) is 3.36. The summed E-state index contributed by atoms with van der Waals surface area (Å²) in [6.07, 6.45) is 0. The number of benzene rings is 2. The first kappa shape index (κ1) is 19.2. The van der Waals surface area contributed by atoms with E-state index in [-0.39, 0.29) is 18.3 Å². The molecule has 0 saturated heterocycles. The van der Waals surface area contributed by atoms with Gasteiger partial charge in [-0.2, -0.15) is 0 Å². The van der Waals surface area contributed by atoms with Crippen LogP contribution in [-0.4, -0.2) is 30.4 Å². The van der Waals surface area contributed by atoms with Crippen molar-refractivity contribution < 1.29 is 4.79 Å². The van der Waals surface area contributed by atoms with E-state index in [1.807, 2.05) is 49.4 Å². The first-order valence-electron chi connectivity index (χ1n) is 7.50. The molecule has 0 radical (unpaired) electrons. The summed E-state index contributed by atoms with van der Waals surface area (Å²) in [7, 11) is 0. The van der Waals surface area contributed by atoms with Crippen molar-refractivity contribution >= 4 is 24.0 Å². The van der Waals surface area contributed by atoms with Gasteiger partial charge in [-0.3, -0.25) is 9.69 Å². The van der Waals surface area contributed by atoms with E-state index in [2.05, 4.69) is 22.3 Å². The number of rotatable bonds is 7. The number of hydrogen-bond acceptors (Lipinski definition) is 3. The van der Waals surface area contributed by atoms with Gasteiger partial charge in [-0.15, -0.1) is 12.4 Å². The fourth-order valence-electron chi connectivity index (χ4n) is 2.36. The second kappa shape index (κ2) is 10.0. The second-order valence-electron chi connectivity index (χ2n) is 5.40. The van der Waals surface area contributed by atoms with Crippen LogP contribution in [-0.2, 0) is 11.3 Å². The number of aryl methyl sites for hydroxylation is 1. The number of anilines is 1. The van der Waals surface area contributed by atoms with Crippen LogP contribution in [0.2, 0.25) is 0 Å². The Hall–Kier alpha value is -1.88. The van der Waals surface area contributed by atoms with Gasteiger partial charge in [0.05, 0.1) is 6.54 Å². The summed E-state index contributed by atoms with van der Waals surface area (Å²) in [5.41, 5.74) is 8.79. The lowest BCUT2D eigenvalue weighted by molar-refractivity contribution is -0.117. The number of amides is 1. The zero-order chi connectivity index (χ0) is 15.8. The van der Waals surface area contributed by atoms with Crippen LogP contribution in [0.5, 0.6) is 0 Å². The molecule has 0 saturated carbocycles. The molecule has 0 atom stereocenters. The van der Waals surface area contributed by atoms with Gasteiger partial charge in [-0.1, -0.05) is 42.5 Å². The lowest BCUT2D eigenvalue weighted by atomic mass is 10.2. The highest BCUT2D eigenvalue weighted by Gasteiger charge is 2.11. The van der Waals surface area contributed by atoms with Crippen LogP contribution >= 0.6 is 12.4 Å². The molecule has 0 aliphatic heterocycles. The Labute approximate surface area is 144 Å². The van der Waals surface area contributed by atoms with E-state index >= 15 is 0 Å². The highest BCUT2D eigenvalue weighted by atomic mass is 35.5. The smallest absolute Gasteiger partial charge is 0.238 e. The predicted octanol–water partition coefficient (Wildman–Crippen LogP) is 2.82. The van der Waals surface area contributed by atoms with Gasteiger partial charge < -0.3 is 11.1 Å². The van der Waals surface area contributed by atoms with E-state index in [1.165, 1.54) is 5.56 Å². The van der Waals surface area contributed by atoms with Crippen molar-refractivity contribution in [1.29, 1.82) is 0 Å². The number of nitrogens with two attached hydrogens (primary N) is 1. The molecule has 0 unspecified atom stereocenters. The van der Waals surface area contributed by atoms with Crippen molar-refractivity contribution in [1.82, 2.24) is 4.90 Å². The second-order valence-corrected chi connectivity index (χ2v) is 5.40. The SMILES string of the molecule is Cc1cccc(NC(=O)CN(CCN)Cc2ccccc2)c1.Cl. The molecule has 3 N–H and O–H groups in total. The van der Waals surface area contributed by atoms with Crippen LogP contribution < -0.4 is 11.1 Å². The van der Waals surface area contributed by atoms with Crippen molar-refractivity contribution in [2.24, 2.45) is 5.73 Å². The molecule has 124 valence electrons. The van der Waals surface area contributed by atoms with E-state index < -0.39 is 0 Å². The van der Waals surface area contributed by atoms with Crippen molar-refractivity contribution in [3.05, 3.63) is 65.7 Å². The van der Waals surface area contributed by atoms with Crippen LogP contribution in [0, 0.1) is 6.92 Å². The van der Waals surface area contributed by atoms with Crippen molar-refractivity contribution in [3.63, 3.8) is 0 Å². The highest BCUT2D eigenvalue weighted by molar-refractivity contribution is 5.92. The maximum absolute atomic E-state index is 12.2. The summed E-state index contributed by atoms with van der Waals surface area (Å²) in [5, 5.41) is 2.94. The molecule has 0 fully saturated rings. The van der Waals surface area contributed by atoms with Gasteiger partial charge in [-0.25, -0.2) is 0 Å². The molecule has 1 amide bonds. The first-order valence-corrected chi connectivity index (χ1v) is 7.50. The lowest BCUT2D eigenvalue weighted by Gasteiger charge is -2.21. The minimum Gasteiger partial charge on any atom is -0.329 e. The van der Waals surface area contributed by atoms with Crippen LogP contribution in [0.1, 0.15) is 11.1 Å². The van der Waals surface area contributed by atoms with Gasteiger partial charge in [0.1, 0.15) is 0 Å². The molecule has 0 aliphatic carbocycles. The van der Waals surface area contributed by atoms with E-state index in [1.54, 1.807) is 0 Å². The van der Waals surface area contributed by atoms with Crippen molar-refractivity contribution in [2.45, 2.75) is 13.5 Å². The van der Waals surface area contributed by atoms with Gasteiger partial charge in [0.2, 0.25) is 5.91 Å². The van der Waals surface area contributed by atoms with Gasteiger partial charge in [0.25, 0.3) is 0 Å². The molecule has 2 aromatic carbocycles. The summed E-state index contributed by atoms with van der Waals surface area (Å²) >= 11 is 0. The number of carbonyl (C=O) groups excluding carboxylic acids is 1. The number of halogens is 1. The first-order chi connectivity index (χ1) is 10.7. The van der Waals surface area contributed by atoms with Gasteiger partial charge in [-0.05, 0) is 30.2 Å². The molecule has 23 heavy (non-hydrogen) atoms. The number of nitrogens with zero attached hydrogens (tertiary/aromatic N) is 1. The van der Waals surface area contributed by atoms with E-state index in [0.717, 1.165) is 17.8 Å². The Bertz CT molecular complexity index is 604. The largest absolute Gasteiger partial charge is 0.329 e. The Balaban J connectivity index is 0.00000264. The average molecular weight is 334 g/mol. The summed E-state index contributed by atoms with van der Waals surface area (Å²) in [6.45, 7) is 4.28. The monoisotopic (exact) mass is 333 g/mol. The maximum Gasteiger partial charge on any atom is 0.238 e. The van der Waals surface area contributed by atoms with Gasteiger partial charge >= 0.3 is 0 Å². The summed E-state index contributed by atoms with van der Waals surface area (Å²) < 4.78 is 0. The molecule has 0 bridgehead atoms. The summed E-state index contributed by atoms with van der Waals surface area (Å²) in [4.78, 5) is 14.3. The quantitative estimate of drug-likeness (QED) is 0.819. The number of nitrogens with one attached hydrogen (secondary N) is 1. The molecule has 2 rings (SSSR count). The fourth-order valence-corrected chi connectivity index (χ4v) is 2.36. The fraction of sp³-hybridized carbons (Fsp3) is 0.278. The standard InChI is InChI=1S/C18H23N3O.ClH/c1-15-6-5-9-17(12-15)20-18(22)14-21(11-10-19)13-16-7-3-2-4-8-16;/h2-9,12H,10-11,13-14,19H2,1H3,(H,20,22);1H. The Morgan fingerprint density at radius 1 is 1.13 bits per heavy atom. The minimum absolute atomic E-state index is 0. The van der Waals surface area contributed by atoms with Crippen LogP contribution in [0.4, 0.5) is 5.69 Å². The normalized spacial score (nSPS) is 10.2. The Morgan fingerprint density at radius 3 is 2.52 bits per heavy atom. The van der Waals surface area contributed by atoms with Crippen molar-refractivity contribution in [2.75, 3.05) is 25.0 Å². The van der Waals surface area contributed by atoms with Gasteiger partial charge in [0, 0.05) is 25.3 Å². The molecular weight excluding hydrogens is 310 g/mol. The topological polar surface area (TPSA) is 58.4 Å². The van der Waals surface area contributed by atoms with Crippen LogP contribution in [0.3, 0.4) is 0 Å². The molecule has 0 spiro atoms. The molecule has 0 heterocycles. The van der Waals surface area contributed by atoms with E-state index in [4.69, 9.17) is 5.73 Å². The zero-order valence-corrected chi connectivity index (χ0v) is 14.2.